The number of hydrogen-bond donors (Lipinski definition) is 2. The van der Waals surface area contributed by atoms with Crippen LogP contribution in [0.1, 0.15) is 12.5 Å². The van der Waals surface area contributed by atoms with Crippen LogP contribution in [-0.4, -0.2) is 48.8 Å². The number of halogens is 1. The normalized spacial score (nSPS) is 11.9. The third-order valence-electron chi connectivity index (χ3n) is 4.02. The Balaban J connectivity index is 2.44. The predicted molar refractivity (Wildman–Crippen MR) is 106 cm³/mol. The van der Waals surface area contributed by atoms with Gasteiger partial charge in [-0.15, -0.1) is 0 Å². The smallest absolute Gasteiger partial charge is 0.263 e. The molecule has 2 N–H and O–H groups in total. The average Bonchev–Trinajstić information content (AvgIpc) is 2.62. The summed E-state index contributed by atoms with van der Waals surface area (Å²) in [7, 11) is 3.74. The lowest BCUT2D eigenvalue weighted by atomic mass is 10.00. The first-order valence-electron chi connectivity index (χ1n) is 8.57. The van der Waals surface area contributed by atoms with Crippen molar-refractivity contribution in [2.45, 2.75) is 6.92 Å². The number of amides is 1. The topological polar surface area (TPSA) is 67.6 Å². The van der Waals surface area contributed by atoms with Crippen molar-refractivity contribution in [3.05, 3.63) is 77.3 Å². The van der Waals surface area contributed by atoms with Crippen molar-refractivity contribution in [3.8, 4) is 0 Å². The van der Waals surface area contributed by atoms with Gasteiger partial charge < -0.3 is 14.9 Å². The van der Waals surface area contributed by atoms with E-state index in [4.69, 9.17) is 5.41 Å². The maximum absolute atomic E-state index is 13.7. The third-order valence-corrected chi connectivity index (χ3v) is 4.02. The number of likely N-dealkylation sites (N-methyl/N-ethyl adjacent to an activating group) is 1. The minimum Gasteiger partial charge on any atom is -0.512 e. The molecule has 0 unspecified atom stereocenters. The van der Waals surface area contributed by atoms with Crippen molar-refractivity contribution in [2.75, 3.05) is 32.1 Å². The van der Waals surface area contributed by atoms with Gasteiger partial charge in [0.1, 0.15) is 17.1 Å². The van der Waals surface area contributed by atoms with E-state index in [0.717, 1.165) is 0 Å². The van der Waals surface area contributed by atoms with Crippen molar-refractivity contribution in [3.63, 3.8) is 0 Å². The Labute approximate surface area is 158 Å². The molecular formula is C21H24FN3O2. The molecule has 0 heterocycles. The summed E-state index contributed by atoms with van der Waals surface area (Å²) < 4.78 is 13.7. The van der Waals surface area contributed by atoms with Crippen molar-refractivity contribution >= 4 is 17.3 Å². The highest BCUT2D eigenvalue weighted by atomic mass is 19.1. The number of allylic oxidation sites excluding steroid dienone is 1. The lowest BCUT2D eigenvalue weighted by molar-refractivity contribution is -0.114. The summed E-state index contributed by atoms with van der Waals surface area (Å²) in [6.07, 6.45) is 0. The second-order valence-corrected chi connectivity index (χ2v) is 6.44. The van der Waals surface area contributed by atoms with Gasteiger partial charge in [0, 0.05) is 24.3 Å². The molecule has 6 heteroatoms. The summed E-state index contributed by atoms with van der Waals surface area (Å²) in [5.41, 5.74) is 0.707. The molecule has 0 atom stereocenters. The van der Waals surface area contributed by atoms with Crippen LogP contribution < -0.4 is 4.90 Å². The quantitative estimate of drug-likeness (QED) is 0.445. The van der Waals surface area contributed by atoms with Gasteiger partial charge in [-0.2, -0.15) is 0 Å². The zero-order chi connectivity index (χ0) is 20.0. The van der Waals surface area contributed by atoms with E-state index in [1.165, 1.54) is 30.0 Å². The molecule has 0 spiro atoms. The molecule has 2 aromatic carbocycles. The molecule has 0 fully saturated rings. The Hall–Kier alpha value is -2.99. The molecule has 5 nitrogen and oxygen atoms in total. The SMILES string of the molecule is CC(O)=C(C(=N)c1ccccc1)C(=O)N(CCN(C)C)c1cccc(F)c1. The molecule has 0 aromatic heterocycles. The molecule has 0 bridgehead atoms. The summed E-state index contributed by atoms with van der Waals surface area (Å²) >= 11 is 0. The third kappa shape index (κ3) is 5.24. The van der Waals surface area contributed by atoms with Crippen molar-refractivity contribution < 1.29 is 14.3 Å². The van der Waals surface area contributed by atoms with Gasteiger partial charge in [-0.05, 0) is 39.2 Å². The maximum Gasteiger partial charge on any atom is 0.263 e. The molecule has 0 radical (unpaired) electrons. The summed E-state index contributed by atoms with van der Waals surface area (Å²) in [4.78, 5) is 16.5. The molecule has 0 saturated heterocycles. The van der Waals surface area contributed by atoms with E-state index in [2.05, 4.69) is 0 Å². The summed E-state index contributed by atoms with van der Waals surface area (Å²) in [6.45, 7) is 2.20. The van der Waals surface area contributed by atoms with Gasteiger partial charge in [0.05, 0.1) is 5.71 Å². The van der Waals surface area contributed by atoms with Gasteiger partial charge in [-0.25, -0.2) is 4.39 Å². The molecule has 1 amide bonds. The van der Waals surface area contributed by atoms with Crippen LogP contribution in [0.25, 0.3) is 0 Å². The number of nitrogens with one attached hydrogen (secondary N) is 1. The summed E-state index contributed by atoms with van der Waals surface area (Å²) in [6, 6.07) is 14.5. The van der Waals surface area contributed by atoms with E-state index in [1.54, 1.807) is 30.3 Å². The first-order valence-corrected chi connectivity index (χ1v) is 8.57. The van der Waals surface area contributed by atoms with Crippen LogP contribution >= 0.6 is 0 Å². The number of carbonyl (C=O) groups is 1. The maximum atomic E-state index is 13.7. The number of aliphatic hydroxyl groups is 1. The molecule has 142 valence electrons. The zero-order valence-electron chi connectivity index (χ0n) is 15.7. The molecule has 27 heavy (non-hydrogen) atoms. The average molecular weight is 369 g/mol. The molecule has 0 aliphatic heterocycles. The van der Waals surface area contributed by atoms with Gasteiger partial charge in [0.2, 0.25) is 0 Å². The molecule has 0 aliphatic rings. The fourth-order valence-corrected chi connectivity index (χ4v) is 2.62. The van der Waals surface area contributed by atoms with E-state index in [-0.39, 0.29) is 23.6 Å². The minimum absolute atomic E-state index is 0.0770. The number of anilines is 1. The minimum atomic E-state index is -0.545. The number of nitrogens with zero attached hydrogens (tertiary/aromatic N) is 2. The van der Waals surface area contributed by atoms with Gasteiger partial charge in [-0.3, -0.25) is 10.2 Å². The predicted octanol–water partition coefficient (Wildman–Crippen LogP) is 3.62. The van der Waals surface area contributed by atoms with E-state index in [0.29, 0.717) is 17.8 Å². The summed E-state index contributed by atoms with van der Waals surface area (Å²) in [5, 5.41) is 18.6. The van der Waals surface area contributed by atoms with E-state index in [9.17, 15) is 14.3 Å². The molecular weight excluding hydrogens is 345 g/mol. The van der Waals surface area contributed by atoms with Crippen LogP contribution in [-0.2, 0) is 4.79 Å². The van der Waals surface area contributed by atoms with Crippen LogP contribution in [0.15, 0.2) is 65.9 Å². The molecule has 2 rings (SSSR count). The fourth-order valence-electron chi connectivity index (χ4n) is 2.62. The Kier molecular flexibility index (Phi) is 6.85. The van der Waals surface area contributed by atoms with Crippen LogP contribution in [0, 0.1) is 11.2 Å². The number of carbonyl (C=O) groups excluding carboxylic acids is 1. The highest BCUT2D eigenvalue weighted by Gasteiger charge is 2.26. The van der Waals surface area contributed by atoms with Crippen LogP contribution in [0.4, 0.5) is 10.1 Å². The van der Waals surface area contributed by atoms with E-state index >= 15 is 0 Å². The van der Waals surface area contributed by atoms with E-state index < -0.39 is 11.7 Å². The Morgan fingerprint density at radius 1 is 1.07 bits per heavy atom. The van der Waals surface area contributed by atoms with Gasteiger partial charge in [0.15, 0.2) is 0 Å². The monoisotopic (exact) mass is 369 g/mol. The lowest BCUT2D eigenvalue weighted by Crippen LogP contribution is -2.39. The molecule has 2 aromatic rings. The lowest BCUT2D eigenvalue weighted by Gasteiger charge is -2.26. The highest BCUT2D eigenvalue weighted by Crippen LogP contribution is 2.21. The number of hydrogen-bond acceptors (Lipinski definition) is 4. The van der Waals surface area contributed by atoms with Crippen molar-refractivity contribution in [2.24, 2.45) is 0 Å². The fraction of sp³-hybridized carbons (Fsp3) is 0.238. The molecule has 0 saturated carbocycles. The van der Waals surface area contributed by atoms with Crippen molar-refractivity contribution in [1.29, 1.82) is 5.41 Å². The van der Waals surface area contributed by atoms with Crippen LogP contribution in [0.3, 0.4) is 0 Å². The first kappa shape index (κ1) is 20.3. The zero-order valence-corrected chi connectivity index (χ0v) is 15.7. The number of aliphatic hydroxyl groups excluding tert-OH is 1. The molecule has 0 aliphatic carbocycles. The largest absolute Gasteiger partial charge is 0.512 e. The highest BCUT2D eigenvalue weighted by molar-refractivity contribution is 6.30. The summed E-state index contributed by atoms with van der Waals surface area (Å²) in [5.74, 6) is -1.25. The van der Waals surface area contributed by atoms with Crippen molar-refractivity contribution in [1.82, 2.24) is 4.90 Å². The van der Waals surface area contributed by atoms with Gasteiger partial charge in [0.25, 0.3) is 5.91 Å². The first-order chi connectivity index (χ1) is 12.8. The number of rotatable bonds is 7. The van der Waals surface area contributed by atoms with Crippen LogP contribution in [0.5, 0.6) is 0 Å². The second kappa shape index (κ2) is 9.09. The van der Waals surface area contributed by atoms with Gasteiger partial charge >= 0.3 is 0 Å². The van der Waals surface area contributed by atoms with Crippen LogP contribution in [0.2, 0.25) is 0 Å². The Morgan fingerprint density at radius 2 is 1.74 bits per heavy atom. The number of benzene rings is 2. The Bertz CT molecular complexity index is 844. The Morgan fingerprint density at radius 3 is 2.30 bits per heavy atom. The second-order valence-electron chi connectivity index (χ2n) is 6.44. The van der Waals surface area contributed by atoms with Gasteiger partial charge in [-0.1, -0.05) is 36.4 Å². The standard InChI is InChI=1S/C21H24FN3O2/c1-15(26)19(20(23)16-8-5-4-6-9-16)21(27)25(13-12-24(2)3)18-11-7-10-17(22)14-18/h4-11,14,23,26H,12-13H2,1-3H3. The van der Waals surface area contributed by atoms with E-state index in [1.807, 2.05) is 25.1 Å².